The van der Waals surface area contributed by atoms with E-state index in [4.69, 9.17) is 9.47 Å². The lowest BCUT2D eigenvalue weighted by Crippen LogP contribution is -2.48. The third-order valence-electron chi connectivity index (χ3n) is 3.26. The maximum absolute atomic E-state index is 5.74. The van der Waals surface area contributed by atoms with E-state index in [2.05, 4.69) is 41.0 Å². The minimum atomic E-state index is -0.175. The molecule has 2 heterocycles. The Morgan fingerprint density at radius 2 is 2.25 bits per heavy atom. The minimum Gasteiger partial charge on any atom is -0.490 e. The lowest BCUT2D eigenvalue weighted by molar-refractivity contribution is -0.0280. The molecule has 1 aromatic heterocycles. The Morgan fingerprint density at radius 3 is 2.90 bits per heavy atom. The fraction of sp³-hybridized carbons (Fsp3) is 0.714. The summed E-state index contributed by atoms with van der Waals surface area (Å²) in [7, 11) is 1.66. The van der Waals surface area contributed by atoms with Crippen LogP contribution >= 0.6 is 0 Å². The highest BCUT2D eigenvalue weighted by molar-refractivity contribution is 5.65. The van der Waals surface area contributed by atoms with Crippen molar-refractivity contribution in [3.63, 3.8) is 0 Å². The van der Waals surface area contributed by atoms with Crippen LogP contribution in [0.2, 0.25) is 0 Å². The van der Waals surface area contributed by atoms with Crippen molar-refractivity contribution in [3.8, 4) is 5.75 Å². The maximum atomic E-state index is 5.74. The number of nitrogens with one attached hydrogen (secondary N) is 1. The summed E-state index contributed by atoms with van der Waals surface area (Å²) in [6.45, 7) is 9.44. The lowest BCUT2D eigenvalue weighted by Gasteiger charge is -2.39. The molecule has 0 bridgehead atoms. The van der Waals surface area contributed by atoms with Crippen LogP contribution in [0.25, 0.3) is 0 Å². The third-order valence-corrected chi connectivity index (χ3v) is 3.26. The van der Waals surface area contributed by atoms with Crippen molar-refractivity contribution in [2.45, 2.75) is 32.8 Å². The number of ether oxygens (including phenoxy) is 2. The third kappa shape index (κ3) is 3.30. The first-order valence-electron chi connectivity index (χ1n) is 7.09. The molecule has 1 N–H and O–H groups in total. The summed E-state index contributed by atoms with van der Waals surface area (Å²) < 4.78 is 11.3. The molecule has 0 unspecified atom stereocenters. The highest BCUT2D eigenvalue weighted by atomic mass is 16.5. The van der Waals surface area contributed by atoms with Gasteiger partial charge in [-0.3, -0.25) is 0 Å². The molecule has 0 spiro atoms. The fourth-order valence-electron chi connectivity index (χ4n) is 2.34. The summed E-state index contributed by atoms with van der Waals surface area (Å²) in [5.74, 6) is 2.29. The van der Waals surface area contributed by atoms with Gasteiger partial charge in [-0.2, -0.15) is 0 Å². The molecule has 1 aromatic rings. The fourth-order valence-corrected chi connectivity index (χ4v) is 2.34. The van der Waals surface area contributed by atoms with Gasteiger partial charge in [0.25, 0.3) is 0 Å². The average Bonchev–Trinajstić information content (AvgIpc) is 2.43. The summed E-state index contributed by atoms with van der Waals surface area (Å²) in [6, 6.07) is 0. The van der Waals surface area contributed by atoms with Gasteiger partial charge in [-0.1, -0.05) is 6.92 Å². The summed E-state index contributed by atoms with van der Waals surface area (Å²) in [5.41, 5.74) is -0.175. The molecule has 1 aliphatic heterocycles. The first-order chi connectivity index (χ1) is 9.57. The van der Waals surface area contributed by atoms with Gasteiger partial charge in [-0.25, -0.2) is 9.97 Å². The standard InChI is InChI=1S/C14H24N4O2/c1-5-6-15-12-11(19-4)13(17-10-16-12)18-7-8-20-14(2,3)9-18/h10H,5-9H2,1-4H3,(H,15,16,17). The topological polar surface area (TPSA) is 59.5 Å². The Morgan fingerprint density at radius 1 is 1.45 bits per heavy atom. The monoisotopic (exact) mass is 280 g/mol. The predicted molar refractivity (Wildman–Crippen MR) is 79.6 cm³/mol. The molecule has 0 aromatic carbocycles. The number of nitrogens with zero attached hydrogens (tertiary/aromatic N) is 3. The largest absolute Gasteiger partial charge is 0.490 e. The summed E-state index contributed by atoms with van der Waals surface area (Å²) in [4.78, 5) is 10.9. The second-order valence-electron chi connectivity index (χ2n) is 5.54. The van der Waals surface area contributed by atoms with Gasteiger partial charge in [0.05, 0.1) is 19.3 Å². The van der Waals surface area contributed by atoms with E-state index in [0.29, 0.717) is 12.4 Å². The van der Waals surface area contributed by atoms with Gasteiger partial charge in [-0.05, 0) is 20.3 Å². The zero-order valence-corrected chi connectivity index (χ0v) is 12.8. The first-order valence-corrected chi connectivity index (χ1v) is 7.09. The SMILES string of the molecule is CCCNc1ncnc(N2CCOC(C)(C)C2)c1OC. The van der Waals surface area contributed by atoms with Gasteiger partial charge in [0.15, 0.2) is 11.6 Å². The van der Waals surface area contributed by atoms with Gasteiger partial charge < -0.3 is 19.7 Å². The van der Waals surface area contributed by atoms with Crippen molar-refractivity contribution < 1.29 is 9.47 Å². The smallest absolute Gasteiger partial charge is 0.204 e. The molecule has 1 fully saturated rings. The summed E-state index contributed by atoms with van der Waals surface area (Å²) >= 11 is 0. The number of methoxy groups -OCH3 is 1. The van der Waals surface area contributed by atoms with Gasteiger partial charge in [0.2, 0.25) is 5.75 Å². The van der Waals surface area contributed by atoms with Crippen LogP contribution in [0.4, 0.5) is 11.6 Å². The van der Waals surface area contributed by atoms with Gasteiger partial charge in [0, 0.05) is 19.6 Å². The van der Waals surface area contributed by atoms with Gasteiger partial charge in [0.1, 0.15) is 6.33 Å². The minimum absolute atomic E-state index is 0.175. The first kappa shape index (κ1) is 14.8. The van der Waals surface area contributed by atoms with Crippen LogP contribution in [0, 0.1) is 0 Å². The number of anilines is 2. The van der Waals surface area contributed by atoms with E-state index >= 15 is 0 Å². The van der Waals surface area contributed by atoms with E-state index in [1.165, 1.54) is 0 Å². The van der Waals surface area contributed by atoms with Crippen LogP contribution < -0.4 is 15.0 Å². The number of aromatic nitrogens is 2. The number of hydrogen-bond acceptors (Lipinski definition) is 6. The van der Waals surface area contributed by atoms with E-state index in [9.17, 15) is 0 Å². The van der Waals surface area contributed by atoms with Crippen molar-refractivity contribution in [3.05, 3.63) is 6.33 Å². The molecule has 0 amide bonds. The molecular formula is C14H24N4O2. The zero-order chi connectivity index (χ0) is 14.6. The van der Waals surface area contributed by atoms with E-state index in [0.717, 1.165) is 37.7 Å². The van der Waals surface area contributed by atoms with Crippen LogP contribution in [0.15, 0.2) is 6.33 Å². The second kappa shape index (κ2) is 6.26. The summed E-state index contributed by atoms with van der Waals surface area (Å²) in [6.07, 6.45) is 2.62. The maximum Gasteiger partial charge on any atom is 0.204 e. The Kier molecular flexibility index (Phi) is 4.65. The van der Waals surface area contributed by atoms with Crippen LogP contribution in [0.5, 0.6) is 5.75 Å². The van der Waals surface area contributed by atoms with Crippen LogP contribution in [0.3, 0.4) is 0 Å². The highest BCUT2D eigenvalue weighted by Gasteiger charge is 2.30. The van der Waals surface area contributed by atoms with E-state index in [1.54, 1.807) is 13.4 Å². The Labute approximate surface area is 120 Å². The van der Waals surface area contributed by atoms with Gasteiger partial charge >= 0.3 is 0 Å². The zero-order valence-electron chi connectivity index (χ0n) is 12.8. The van der Waals surface area contributed by atoms with E-state index < -0.39 is 0 Å². The molecule has 0 atom stereocenters. The predicted octanol–water partition coefficient (Wildman–Crippen LogP) is 1.92. The van der Waals surface area contributed by atoms with E-state index in [-0.39, 0.29) is 5.60 Å². The number of rotatable bonds is 5. The molecule has 20 heavy (non-hydrogen) atoms. The molecular weight excluding hydrogens is 256 g/mol. The van der Waals surface area contributed by atoms with Crippen LogP contribution in [-0.2, 0) is 4.74 Å². The lowest BCUT2D eigenvalue weighted by atomic mass is 10.1. The molecule has 2 rings (SSSR count). The van der Waals surface area contributed by atoms with Crippen LogP contribution in [-0.4, -0.2) is 48.9 Å². The molecule has 6 heteroatoms. The van der Waals surface area contributed by atoms with Crippen LogP contribution in [0.1, 0.15) is 27.2 Å². The molecule has 1 saturated heterocycles. The van der Waals surface area contributed by atoms with E-state index in [1.807, 2.05) is 0 Å². The number of hydrogen-bond donors (Lipinski definition) is 1. The van der Waals surface area contributed by atoms with Crippen molar-refractivity contribution in [1.29, 1.82) is 0 Å². The summed E-state index contributed by atoms with van der Waals surface area (Å²) in [5, 5.41) is 3.28. The molecule has 112 valence electrons. The van der Waals surface area contributed by atoms with Gasteiger partial charge in [-0.15, -0.1) is 0 Å². The Balaban J connectivity index is 2.26. The quantitative estimate of drug-likeness (QED) is 0.889. The normalized spacial score (nSPS) is 17.9. The second-order valence-corrected chi connectivity index (χ2v) is 5.54. The molecule has 1 aliphatic rings. The Bertz CT molecular complexity index is 451. The molecule has 0 radical (unpaired) electrons. The number of morpholine rings is 1. The average molecular weight is 280 g/mol. The molecule has 0 aliphatic carbocycles. The Hall–Kier alpha value is -1.56. The van der Waals surface area contributed by atoms with Crippen molar-refractivity contribution in [2.24, 2.45) is 0 Å². The van der Waals surface area contributed by atoms with Crippen molar-refractivity contribution in [1.82, 2.24) is 9.97 Å². The molecule has 6 nitrogen and oxygen atoms in total. The van der Waals surface area contributed by atoms with Crippen molar-refractivity contribution in [2.75, 3.05) is 43.6 Å². The molecule has 0 saturated carbocycles. The van der Waals surface area contributed by atoms with Crippen molar-refractivity contribution >= 4 is 11.6 Å². The highest BCUT2D eigenvalue weighted by Crippen LogP contribution is 2.33.